The fraction of sp³-hybridized carbons (Fsp3) is 0.471. The highest BCUT2D eigenvalue weighted by Gasteiger charge is 2.27. The van der Waals surface area contributed by atoms with E-state index in [1.54, 1.807) is 0 Å². The van der Waals surface area contributed by atoms with Crippen molar-refractivity contribution >= 4 is 28.3 Å². The molecule has 0 fully saturated rings. The lowest BCUT2D eigenvalue weighted by atomic mass is 10.0. The predicted molar refractivity (Wildman–Crippen MR) is 95.3 cm³/mol. The molecule has 8 heteroatoms. The molecule has 3 heterocycles. The first-order valence-corrected chi connectivity index (χ1v) is 9.28. The first-order chi connectivity index (χ1) is 12.1. The van der Waals surface area contributed by atoms with Gasteiger partial charge in [0.2, 0.25) is 5.91 Å². The minimum atomic E-state index is -0.329. The average Bonchev–Trinajstić information content (AvgIpc) is 3.04. The number of hydrogen-bond donors (Lipinski definition) is 1. The number of fused-ring (bicyclic) bond motifs is 1. The average molecular weight is 359 g/mol. The van der Waals surface area contributed by atoms with Gasteiger partial charge in [-0.1, -0.05) is 25.2 Å². The van der Waals surface area contributed by atoms with Crippen LogP contribution in [0.5, 0.6) is 0 Å². The maximum atomic E-state index is 12.6. The minimum Gasteiger partial charge on any atom is -0.337 e. The molecule has 0 saturated heterocycles. The molecule has 1 N–H and O–H groups in total. The summed E-state index contributed by atoms with van der Waals surface area (Å²) in [4.78, 5) is 40.0. The Hall–Kier alpha value is -2.35. The first-order valence-electron chi connectivity index (χ1n) is 8.47. The van der Waals surface area contributed by atoms with Crippen molar-refractivity contribution in [3.05, 3.63) is 34.9 Å². The number of thiazole rings is 1. The Labute approximate surface area is 150 Å². The van der Waals surface area contributed by atoms with Crippen molar-refractivity contribution in [2.24, 2.45) is 5.92 Å². The monoisotopic (exact) mass is 359 g/mol. The maximum absolute atomic E-state index is 12.6. The zero-order valence-corrected chi connectivity index (χ0v) is 15.2. The van der Waals surface area contributed by atoms with Crippen LogP contribution in [0, 0.1) is 5.92 Å². The summed E-state index contributed by atoms with van der Waals surface area (Å²) in [5.74, 6) is -0.0244. The molecule has 132 valence electrons. The Morgan fingerprint density at radius 3 is 2.80 bits per heavy atom. The Kier molecular flexibility index (Phi) is 5.37. The van der Waals surface area contributed by atoms with Gasteiger partial charge in [0.05, 0.1) is 18.4 Å². The van der Waals surface area contributed by atoms with E-state index in [1.165, 1.54) is 29.9 Å². The van der Waals surface area contributed by atoms with Crippen molar-refractivity contribution in [2.75, 3.05) is 11.9 Å². The van der Waals surface area contributed by atoms with Crippen molar-refractivity contribution in [3.63, 3.8) is 0 Å². The maximum Gasteiger partial charge on any atom is 0.277 e. The molecule has 1 aliphatic heterocycles. The fourth-order valence-electron chi connectivity index (χ4n) is 2.91. The molecule has 0 spiro atoms. The summed E-state index contributed by atoms with van der Waals surface area (Å²) in [6.07, 6.45) is 6.85. The molecule has 0 aliphatic carbocycles. The smallest absolute Gasteiger partial charge is 0.277 e. The second-order valence-corrected chi connectivity index (χ2v) is 7.04. The second-order valence-electron chi connectivity index (χ2n) is 5.96. The van der Waals surface area contributed by atoms with Gasteiger partial charge in [0, 0.05) is 36.2 Å². The number of nitrogens with one attached hydrogen (secondary N) is 1. The highest BCUT2D eigenvalue weighted by Crippen LogP contribution is 2.29. The molecule has 1 aliphatic rings. The van der Waals surface area contributed by atoms with E-state index >= 15 is 0 Å². The van der Waals surface area contributed by atoms with Crippen molar-refractivity contribution in [1.82, 2.24) is 19.9 Å². The van der Waals surface area contributed by atoms with Gasteiger partial charge in [-0.25, -0.2) is 9.97 Å². The van der Waals surface area contributed by atoms with Gasteiger partial charge in [-0.3, -0.25) is 19.9 Å². The van der Waals surface area contributed by atoms with Crippen molar-refractivity contribution < 1.29 is 9.59 Å². The second kappa shape index (κ2) is 7.69. The summed E-state index contributed by atoms with van der Waals surface area (Å²) in [5, 5.41) is 3.31. The lowest BCUT2D eigenvalue weighted by Gasteiger charge is -2.29. The highest BCUT2D eigenvalue weighted by molar-refractivity contribution is 7.15. The Morgan fingerprint density at radius 2 is 2.12 bits per heavy atom. The van der Waals surface area contributed by atoms with E-state index in [4.69, 9.17) is 0 Å². The number of aromatic nitrogens is 3. The Balaban J connectivity index is 1.69. The van der Waals surface area contributed by atoms with Gasteiger partial charge < -0.3 is 4.90 Å². The summed E-state index contributed by atoms with van der Waals surface area (Å²) in [6, 6.07) is 0. The van der Waals surface area contributed by atoms with Crippen LogP contribution >= 0.6 is 11.3 Å². The molecule has 0 bridgehead atoms. The van der Waals surface area contributed by atoms with Crippen LogP contribution in [0.15, 0.2) is 18.6 Å². The molecule has 0 saturated carbocycles. The molecule has 7 nitrogen and oxygen atoms in total. The molecule has 2 aromatic heterocycles. The van der Waals surface area contributed by atoms with E-state index in [2.05, 4.69) is 20.3 Å². The number of amides is 2. The fourth-order valence-corrected chi connectivity index (χ4v) is 3.93. The number of nitrogens with zero attached hydrogens (tertiary/aromatic N) is 4. The molecule has 0 unspecified atom stereocenters. The molecular weight excluding hydrogens is 338 g/mol. The van der Waals surface area contributed by atoms with E-state index in [0.717, 1.165) is 29.8 Å². The standard InChI is InChI=1S/C17H21N5O2S/c1-3-11(4-2)16(24)22-8-5-12-14(10-22)25-17(20-12)21-15(23)13-9-18-6-7-19-13/h6-7,9,11H,3-5,8,10H2,1-2H3,(H,20,21,23). The van der Waals surface area contributed by atoms with Crippen LogP contribution in [-0.4, -0.2) is 38.2 Å². The molecule has 25 heavy (non-hydrogen) atoms. The quantitative estimate of drug-likeness (QED) is 0.886. The number of carbonyl (C=O) groups excluding carboxylic acids is 2. The zero-order chi connectivity index (χ0) is 17.8. The van der Waals surface area contributed by atoms with Crippen LogP contribution in [0.3, 0.4) is 0 Å². The van der Waals surface area contributed by atoms with Crippen LogP contribution in [0.1, 0.15) is 47.7 Å². The predicted octanol–water partition coefficient (Wildman–Crippen LogP) is 2.51. The molecule has 0 radical (unpaired) electrons. The minimum absolute atomic E-state index is 0.0882. The third-order valence-corrected chi connectivity index (χ3v) is 5.39. The Bertz CT molecular complexity index is 758. The topological polar surface area (TPSA) is 88.1 Å². The lowest BCUT2D eigenvalue weighted by molar-refractivity contribution is -0.136. The van der Waals surface area contributed by atoms with Crippen LogP contribution in [0.25, 0.3) is 0 Å². The first kappa shape index (κ1) is 17.5. The number of hydrogen-bond acceptors (Lipinski definition) is 6. The molecule has 3 rings (SSSR count). The van der Waals surface area contributed by atoms with Gasteiger partial charge >= 0.3 is 0 Å². The third-order valence-electron chi connectivity index (χ3n) is 4.39. The van der Waals surface area contributed by atoms with E-state index in [9.17, 15) is 9.59 Å². The van der Waals surface area contributed by atoms with Crippen molar-refractivity contribution in [2.45, 2.75) is 39.7 Å². The molecule has 0 atom stereocenters. The van der Waals surface area contributed by atoms with Crippen molar-refractivity contribution in [1.29, 1.82) is 0 Å². The van der Waals surface area contributed by atoms with E-state index in [1.807, 2.05) is 18.7 Å². The highest BCUT2D eigenvalue weighted by atomic mass is 32.1. The molecule has 2 amide bonds. The Morgan fingerprint density at radius 1 is 1.32 bits per heavy atom. The van der Waals surface area contributed by atoms with Crippen LogP contribution in [-0.2, 0) is 17.8 Å². The normalized spacial score (nSPS) is 13.6. The SMILES string of the molecule is CCC(CC)C(=O)N1CCc2nc(NC(=O)c3cnccn3)sc2C1. The molecule has 2 aromatic rings. The number of carbonyl (C=O) groups is 2. The van der Waals surface area contributed by atoms with Gasteiger partial charge in [-0.05, 0) is 12.8 Å². The largest absolute Gasteiger partial charge is 0.337 e. The van der Waals surface area contributed by atoms with Gasteiger partial charge in [0.15, 0.2) is 5.13 Å². The third kappa shape index (κ3) is 3.84. The van der Waals surface area contributed by atoms with Crippen molar-refractivity contribution in [3.8, 4) is 0 Å². The van der Waals surface area contributed by atoms with Gasteiger partial charge in [-0.15, -0.1) is 0 Å². The van der Waals surface area contributed by atoms with E-state index in [0.29, 0.717) is 18.2 Å². The van der Waals surface area contributed by atoms with Gasteiger partial charge in [-0.2, -0.15) is 0 Å². The lowest BCUT2D eigenvalue weighted by Crippen LogP contribution is -2.39. The van der Waals surface area contributed by atoms with E-state index < -0.39 is 0 Å². The van der Waals surface area contributed by atoms with Crippen LogP contribution in [0.2, 0.25) is 0 Å². The summed E-state index contributed by atoms with van der Waals surface area (Å²) in [5.41, 5.74) is 1.22. The summed E-state index contributed by atoms with van der Waals surface area (Å²) in [6.45, 7) is 5.36. The summed E-state index contributed by atoms with van der Waals surface area (Å²) < 4.78 is 0. The van der Waals surface area contributed by atoms with Crippen LogP contribution in [0.4, 0.5) is 5.13 Å². The molecular formula is C17H21N5O2S. The van der Waals surface area contributed by atoms with Gasteiger partial charge in [0.25, 0.3) is 5.91 Å². The summed E-state index contributed by atoms with van der Waals surface area (Å²) in [7, 11) is 0. The zero-order valence-electron chi connectivity index (χ0n) is 14.4. The number of anilines is 1. The number of rotatable bonds is 5. The molecule has 0 aromatic carbocycles. The van der Waals surface area contributed by atoms with Gasteiger partial charge in [0.1, 0.15) is 5.69 Å². The summed E-state index contributed by atoms with van der Waals surface area (Å²) >= 11 is 1.42. The van der Waals surface area contributed by atoms with E-state index in [-0.39, 0.29) is 23.4 Å². The van der Waals surface area contributed by atoms with Crippen LogP contribution < -0.4 is 5.32 Å².